The summed E-state index contributed by atoms with van der Waals surface area (Å²) in [6, 6.07) is 9.03. The van der Waals surface area contributed by atoms with Crippen LogP contribution in [0.5, 0.6) is 0 Å². The van der Waals surface area contributed by atoms with Gasteiger partial charge in [0.1, 0.15) is 0 Å². The highest BCUT2D eigenvalue weighted by atomic mass is 19.4. The molecule has 1 heterocycles. The van der Waals surface area contributed by atoms with Gasteiger partial charge in [0, 0.05) is 12.6 Å². The predicted molar refractivity (Wildman–Crippen MR) is 62.4 cm³/mol. The highest BCUT2D eigenvalue weighted by molar-refractivity contribution is 5.80. The quantitative estimate of drug-likeness (QED) is 0.854. The lowest BCUT2D eigenvalue weighted by Crippen LogP contribution is -2.13. The number of hydrogen-bond acceptors (Lipinski definition) is 2. The van der Waals surface area contributed by atoms with Crippen molar-refractivity contribution in [2.24, 2.45) is 0 Å². The second kappa shape index (κ2) is 5.26. The molecule has 0 aliphatic rings. The number of ketones is 1. The highest BCUT2D eigenvalue weighted by Crippen LogP contribution is 2.28. The molecule has 2 aromatic rings. The van der Waals surface area contributed by atoms with Crippen LogP contribution < -0.4 is 0 Å². The Kier molecular flexibility index (Phi) is 3.69. The van der Waals surface area contributed by atoms with Crippen molar-refractivity contribution in [3.8, 4) is 0 Å². The third kappa shape index (κ3) is 3.67. The molecule has 0 saturated carbocycles. The van der Waals surface area contributed by atoms with Gasteiger partial charge in [-0.15, -0.1) is 0 Å². The number of alkyl halides is 3. The van der Waals surface area contributed by atoms with Crippen molar-refractivity contribution < 1.29 is 18.0 Å². The Morgan fingerprint density at radius 2 is 1.89 bits per heavy atom. The first kappa shape index (κ1) is 13.3. The minimum absolute atomic E-state index is 0.162. The van der Waals surface area contributed by atoms with E-state index >= 15 is 0 Å². The molecule has 0 N–H and O–H groups in total. The molecule has 0 fully saturated rings. The van der Waals surface area contributed by atoms with E-state index in [0.29, 0.717) is 0 Å². The van der Waals surface area contributed by atoms with Gasteiger partial charge in [0.2, 0.25) is 0 Å². The predicted octanol–water partition coefficient (Wildman–Crippen LogP) is 2.71. The van der Waals surface area contributed by atoms with Gasteiger partial charge in [0.15, 0.2) is 5.78 Å². The zero-order chi connectivity index (χ0) is 13.9. The van der Waals surface area contributed by atoms with Gasteiger partial charge in [-0.1, -0.05) is 30.3 Å². The zero-order valence-electron chi connectivity index (χ0n) is 9.89. The van der Waals surface area contributed by atoms with Gasteiger partial charge in [0.25, 0.3) is 0 Å². The Morgan fingerprint density at radius 1 is 1.21 bits per heavy atom. The first-order valence-corrected chi connectivity index (χ1v) is 5.60. The smallest absolute Gasteiger partial charge is 0.297 e. The molecule has 2 rings (SSSR count). The van der Waals surface area contributed by atoms with Crippen LogP contribution in [0.25, 0.3) is 0 Å². The van der Waals surface area contributed by atoms with Crippen LogP contribution in [0.4, 0.5) is 13.2 Å². The highest BCUT2D eigenvalue weighted by Gasteiger charge is 2.32. The fourth-order valence-electron chi connectivity index (χ4n) is 1.66. The van der Waals surface area contributed by atoms with Crippen molar-refractivity contribution in [3.63, 3.8) is 0 Å². The molecule has 1 aromatic carbocycles. The van der Waals surface area contributed by atoms with E-state index in [2.05, 4.69) is 5.10 Å². The van der Waals surface area contributed by atoms with Crippen molar-refractivity contribution in [3.05, 3.63) is 53.9 Å². The maximum absolute atomic E-state index is 12.3. The fourth-order valence-corrected chi connectivity index (χ4v) is 1.66. The van der Waals surface area contributed by atoms with Gasteiger partial charge in [-0.2, -0.15) is 18.3 Å². The van der Waals surface area contributed by atoms with E-state index in [1.807, 2.05) is 6.07 Å². The van der Waals surface area contributed by atoms with Crippen molar-refractivity contribution in [2.45, 2.75) is 19.1 Å². The van der Waals surface area contributed by atoms with E-state index in [-0.39, 0.29) is 18.7 Å². The summed E-state index contributed by atoms with van der Waals surface area (Å²) in [6.45, 7) is -0.162. The summed E-state index contributed by atoms with van der Waals surface area (Å²) in [4.78, 5) is 11.7. The largest absolute Gasteiger partial charge is 0.419 e. The third-order valence-electron chi connectivity index (χ3n) is 2.54. The van der Waals surface area contributed by atoms with Gasteiger partial charge in [-0.05, 0) is 5.56 Å². The molecule has 0 saturated heterocycles. The van der Waals surface area contributed by atoms with Crippen LogP contribution in [0.15, 0.2) is 42.7 Å². The van der Waals surface area contributed by atoms with E-state index in [9.17, 15) is 18.0 Å². The van der Waals surface area contributed by atoms with E-state index in [0.717, 1.165) is 22.6 Å². The Morgan fingerprint density at radius 3 is 2.47 bits per heavy atom. The lowest BCUT2D eigenvalue weighted by Gasteiger charge is -2.02. The second-order valence-corrected chi connectivity index (χ2v) is 4.13. The standard InChI is InChI=1S/C13H11F3N2O/c14-13(15,16)11-7-17-18(8-11)9-12(19)6-10-4-2-1-3-5-10/h1-5,7-8H,6,9H2. The summed E-state index contributed by atoms with van der Waals surface area (Å²) in [5.41, 5.74) is -0.0179. The van der Waals surface area contributed by atoms with Crippen LogP contribution in [0.1, 0.15) is 11.1 Å². The van der Waals surface area contributed by atoms with E-state index in [1.165, 1.54) is 0 Å². The third-order valence-corrected chi connectivity index (χ3v) is 2.54. The zero-order valence-corrected chi connectivity index (χ0v) is 9.89. The van der Waals surface area contributed by atoms with Crippen LogP contribution in [-0.4, -0.2) is 15.6 Å². The molecule has 19 heavy (non-hydrogen) atoms. The van der Waals surface area contributed by atoms with Crippen LogP contribution in [0, 0.1) is 0 Å². The number of aromatic nitrogens is 2. The molecule has 0 atom stereocenters. The van der Waals surface area contributed by atoms with Crippen LogP contribution in [0.2, 0.25) is 0 Å². The van der Waals surface area contributed by atoms with Crippen molar-refractivity contribution in [1.29, 1.82) is 0 Å². The van der Waals surface area contributed by atoms with Crippen LogP contribution in [-0.2, 0) is 23.9 Å². The van der Waals surface area contributed by atoms with Crippen molar-refractivity contribution >= 4 is 5.78 Å². The molecule has 0 radical (unpaired) electrons. The van der Waals surface area contributed by atoms with Crippen LogP contribution in [0.3, 0.4) is 0 Å². The summed E-state index contributed by atoms with van der Waals surface area (Å²) >= 11 is 0. The van der Waals surface area contributed by atoms with Gasteiger partial charge in [-0.3, -0.25) is 9.48 Å². The maximum atomic E-state index is 12.3. The summed E-state index contributed by atoms with van der Waals surface area (Å²) in [6.07, 6.45) is -2.69. The second-order valence-electron chi connectivity index (χ2n) is 4.13. The molecule has 6 heteroatoms. The maximum Gasteiger partial charge on any atom is 0.419 e. The van der Waals surface area contributed by atoms with Gasteiger partial charge in [-0.25, -0.2) is 0 Å². The van der Waals surface area contributed by atoms with Gasteiger partial charge < -0.3 is 0 Å². The topological polar surface area (TPSA) is 34.9 Å². The van der Waals surface area contributed by atoms with Gasteiger partial charge >= 0.3 is 6.18 Å². The fraction of sp³-hybridized carbons (Fsp3) is 0.231. The number of Topliss-reactive ketones (excluding diaryl/α,β-unsaturated/α-hetero) is 1. The normalized spacial score (nSPS) is 11.5. The number of carbonyl (C=O) groups is 1. The molecular weight excluding hydrogens is 257 g/mol. The van der Waals surface area contributed by atoms with Crippen molar-refractivity contribution in [2.75, 3.05) is 0 Å². The molecule has 0 spiro atoms. The monoisotopic (exact) mass is 268 g/mol. The van der Waals surface area contributed by atoms with E-state index in [4.69, 9.17) is 0 Å². The van der Waals surface area contributed by atoms with Gasteiger partial charge in [0.05, 0.1) is 18.3 Å². The van der Waals surface area contributed by atoms with Crippen molar-refractivity contribution in [1.82, 2.24) is 9.78 Å². The Labute approximate surface area is 107 Å². The summed E-state index contributed by atoms with van der Waals surface area (Å²) < 4.78 is 38.0. The first-order chi connectivity index (χ1) is 8.95. The lowest BCUT2D eigenvalue weighted by molar-refractivity contribution is -0.137. The van der Waals surface area contributed by atoms with E-state index < -0.39 is 11.7 Å². The summed E-state index contributed by atoms with van der Waals surface area (Å²) in [5, 5.41) is 3.54. The summed E-state index contributed by atoms with van der Waals surface area (Å²) in [7, 11) is 0. The molecule has 1 aromatic heterocycles. The minimum Gasteiger partial charge on any atom is -0.297 e. The Bertz CT molecular complexity index is 561. The number of halogens is 3. The number of rotatable bonds is 4. The average Bonchev–Trinajstić information content (AvgIpc) is 2.78. The molecular formula is C13H11F3N2O. The van der Waals surface area contributed by atoms with Crippen LogP contribution >= 0.6 is 0 Å². The molecule has 0 bridgehead atoms. The van der Waals surface area contributed by atoms with E-state index in [1.54, 1.807) is 24.3 Å². The Balaban J connectivity index is 1.98. The molecule has 100 valence electrons. The molecule has 0 unspecified atom stereocenters. The Hall–Kier alpha value is -2.11. The lowest BCUT2D eigenvalue weighted by atomic mass is 10.1. The molecule has 3 nitrogen and oxygen atoms in total. The molecule has 0 aliphatic heterocycles. The number of benzene rings is 1. The first-order valence-electron chi connectivity index (χ1n) is 5.60. The average molecular weight is 268 g/mol. The number of hydrogen-bond donors (Lipinski definition) is 0. The SMILES string of the molecule is O=C(Cc1ccccc1)Cn1cc(C(F)(F)F)cn1. The number of nitrogens with zero attached hydrogens (tertiary/aromatic N) is 2. The number of carbonyl (C=O) groups excluding carboxylic acids is 1. The minimum atomic E-state index is -4.43. The molecule has 0 aliphatic carbocycles. The molecule has 0 amide bonds. The summed E-state index contributed by atoms with van der Waals surface area (Å²) in [5.74, 6) is -0.192.